The van der Waals surface area contributed by atoms with Crippen molar-refractivity contribution >= 4 is 58.7 Å². The monoisotopic (exact) mass is 539 g/mol. The molecule has 1 saturated heterocycles. The van der Waals surface area contributed by atoms with Crippen molar-refractivity contribution in [3.05, 3.63) is 90.0 Å². The van der Waals surface area contributed by atoms with Crippen LogP contribution in [0.2, 0.25) is 0 Å². The van der Waals surface area contributed by atoms with E-state index < -0.39 is 0 Å². The highest BCUT2D eigenvalue weighted by molar-refractivity contribution is 6.21. The van der Waals surface area contributed by atoms with Gasteiger partial charge in [0, 0.05) is 55.4 Å². The molecule has 3 aromatic carbocycles. The number of piperazine rings is 1. The summed E-state index contributed by atoms with van der Waals surface area (Å²) in [6.45, 7) is 4.02. The van der Waals surface area contributed by atoms with E-state index >= 15 is 0 Å². The molecule has 1 aliphatic heterocycles. The van der Waals surface area contributed by atoms with Crippen molar-refractivity contribution in [2.75, 3.05) is 44.7 Å². The number of nitrogens with one attached hydrogen (secondary N) is 2. The Morgan fingerprint density at radius 2 is 1.59 bits per heavy atom. The van der Waals surface area contributed by atoms with E-state index in [0.717, 1.165) is 54.0 Å². The van der Waals surface area contributed by atoms with Gasteiger partial charge in [-0.1, -0.05) is 48.5 Å². The Morgan fingerprint density at radius 1 is 0.946 bits per heavy atom. The van der Waals surface area contributed by atoms with Crippen molar-refractivity contribution in [3.8, 4) is 5.88 Å². The summed E-state index contributed by atoms with van der Waals surface area (Å²) >= 11 is 0. The molecule has 0 atom stereocenters. The smallest absolute Gasteiger partial charge is 0.240 e. The Kier molecular flexibility index (Phi) is 9.72. The molecule has 1 aliphatic rings. The van der Waals surface area contributed by atoms with Crippen molar-refractivity contribution in [2.45, 2.75) is 0 Å². The number of hydrogen-bond donors (Lipinski definition) is 3. The molecule has 37 heavy (non-hydrogen) atoms. The summed E-state index contributed by atoms with van der Waals surface area (Å²) in [5, 5.41) is 15.0. The maximum absolute atomic E-state index is 12.8. The number of benzene rings is 3. The van der Waals surface area contributed by atoms with Gasteiger partial charge in [0.25, 0.3) is 0 Å². The van der Waals surface area contributed by atoms with Crippen molar-refractivity contribution in [1.29, 1.82) is 0 Å². The van der Waals surface area contributed by atoms with E-state index in [-0.39, 0.29) is 36.6 Å². The van der Waals surface area contributed by atoms with Gasteiger partial charge in [0.05, 0.1) is 23.5 Å². The molecule has 5 rings (SSSR count). The third-order valence-electron chi connectivity index (χ3n) is 6.39. The number of carbonyl (C=O) groups excluding carboxylic acids is 1. The molecule has 1 aromatic heterocycles. The molecule has 1 fully saturated rings. The molecule has 0 radical (unpaired) electrons. The lowest BCUT2D eigenvalue weighted by molar-refractivity contribution is -0.119. The van der Waals surface area contributed by atoms with Gasteiger partial charge in [-0.25, -0.2) is 4.99 Å². The van der Waals surface area contributed by atoms with Crippen LogP contribution in [0.15, 0.2) is 83.9 Å². The van der Waals surface area contributed by atoms with Crippen LogP contribution < -0.4 is 10.2 Å². The van der Waals surface area contributed by atoms with E-state index in [1.807, 2.05) is 85.9 Å². The lowest BCUT2D eigenvalue weighted by Crippen LogP contribution is -2.47. The number of halogens is 2. The summed E-state index contributed by atoms with van der Waals surface area (Å²) in [7, 11) is 1.81. The van der Waals surface area contributed by atoms with Gasteiger partial charge in [-0.15, -0.1) is 24.8 Å². The van der Waals surface area contributed by atoms with Gasteiger partial charge in [-0.3, -0.25) is 9.69 Å². The first-order chi connectivity index (χ1) is 17.1. The Labute approximate surface area is 229 Å². The average molecular weight is 540 g/mol. The highest BCUT2D eigenvalue weighted by Crippen LogP contribution is 2.31. The van der Waals surface area contributed by atoms with Crippen LogP contribution in [-0.4, -0.2) is 66.4 Å². The SMILES string of the molecule is CN(C(=O)CN1CCNCC1)c1ccc(N=C(c2ccccc2)c2c(O)[nH]c3ccccc23)cc1.Cl.Cl. The largest absolute Gasteiger partial charge is 0.494 e. The quantitative estimate of drug-likeness (QED) is 0.308. The number of hydrogen-bond acceptors (Lipinski definition) is 5. The molecule has 0 unspecified atom stereocenters. The molecule has 0 aliphatic carbocycles. The molecule has 2 heterocycles. The first-order valence-corrected chi connectivity index (χ1v) is 11.8. The van der Waals surface area contributed by atoms with E-state index in [0.29, 0.717) is 17.8 Å². The van der Waals surface area contributed by atoms with Crippen LogP contribution in [-0.2, 0) is 4.79 Å². The number of likely N-dealkylation sites (N-methyl/N-ethyl adjacent to an activating group) is 1. The predicted octanol–water partition coefficient (Wildman–Crippen LogP) is 4.75. The first kappa shape index (κ1) is 28.2. The topological polar surface area (TPSA) is 84.0 Å². The maximum atomic E-state index is 12.8. The standard InChI is InChI=1S/C28H29N5O2.2ClH/c1-32(25(34)19-33-17-15-29-16-18-33)22-13-11-21(12-14-22)30-27(20-7-3-2-4-8-20)26-23-9-5-6-10-24(23)31-28(26)35;;/h2-14,29,31,35H,15-19H2,1H3;2*1H. The van der Waals surface area contributed by atoms with Crippen LogP contribution in [0.3, 0.4) is 0 Å². The second-order valence-electron chi connectivity index (χ2n) is 8.72. The zero-order valence-electron chi connectivity index (χ0n) is 20.6. The highest BCUT2D eigenvalue weighted by Gasteiger charge is 2.19. The predicted molar refractivity (Wildman–Crippen MR) is 155 cm³/mol. The van der Waals surface area contributed by atoms with Gasteiger partial charge in [0.1, 0.15) is 0 Å². The second-order valence-corrected chi connectivity index (χ2v) is 8.72. The summed E-state index contributed by atoms with van der Waals surface area (Å²) in [6, 6.07) is 25.2. The van der Waals surface area contributed by atoms with Gasteiger partial charge >= 0.3 is 0 Å². The number of aliphatic imine (C=N–C) groups is 1. The molecule has 1 amide bonds. The number of para-hydroxylation sites is 1. The van der Waals surface area contributed by atoms with Gasteiger partial charge in [0.2, 0.25) is 5.91 Å². The van der Waals surface area contributed by atoms with Crippen molar-refractivity contribution in [3.63, 3.8) is 0 Å². The summed E-state index contributed by atoms with van der Waals surface area (Å²) < 4.78 is 0. The van der Waals surface area contributed by atoms with Crippen LogP contribution >= 0.6 is 24.8 Å². The number of fused-ring (bicyclic) bond motifs is 1. The number of nitrogens with zero attached hydrogens (tertiary/aromatic N) is 3. The fraction of sp³-hybridized carbons (Fsp3) is 0.214. The van der Waals surface area contributed by atoms with E-state index in [1.54, 1.807) is 4.90 Å². The van der Waals surface area contributed by atoms with Crippen LogP contribution in [0.5, 0.6) is 5.88 Å². The Hall–Kier alpha value is -3.36. The Balaban J connectivity index is 0.00000190. The summed E-state index contributed by atoms with van der Waals surface area (Å²) in [4.78, 5) is 24.6. The van der Waals surface area contributed by atoms with Gasteiger partial charge in [-0.2, -0.15) is 0 Å². The number of anilines is 1. The molecular formula is C28H31Cl2N5O2. The summed E-state index contributed by atoms with van der Waals surface area (Å²) in [5.74, 6) is 0.153. The van der Waals surface area contributed by atoms with E-state index in [1.165, 1.54) is 0 Å². The molecule has 4 aromatic rings. The van der Waals surface area contributed by atoms with Crippen LogP contribution in [0.4, 0.5) is 11.4 Å². The normalized spacial score (nSPS) is 14.0. The lowest BCUT2D eigenvalue weighted by atomic mass is 10.0. The molecule has 9 heteroatoms. The summed E-state index contributed by atoms with van der Waals surface area (Å²) in [6.07, 6.45) is 0. The van der Waals surface area contributed by atoms with Crippen molar-refractivity contribution in [1.82, 2.24) is 15.2 Å². The molecule has 0 bridgehead atoms. The highest BCUT2D eigenvalue weighted by atomic mass is 35.5. The first-order valence-electron chi connectivity index (χ1n) is 11.8. The van der Waals surface area contributed by atoms with Gasteiger partial charge in [-0.05, 0) is 30.3 Å². The van der Waals surface area contributed by atoms with E-state index in [4.69, 9.17) is 4.99 Å². The average Bonchev–Trinajstić information content (AvgIpc) is 3.23. The minimum atomic E-state index is 0. The van der Waals surface area contributed by atoms with Crippen LogP contribution in [0.1, 0.15) is 11.1 Å². The summed E-state index contributed by atoms with van der Waals surface area (Å²) in [5.41, 5.74) is 4.65. The molecule has 194 valence electrons. The number of aromatic amines is 1. The minimum Gasteiger partial charge on any atom is -0.494 e. The minimum absolute atomic E-state index is 0. The Morgan fingerprint density at radius 3 is 2.30 bits per heavy atom. The molecule has 3 N–H and O–H groups in total. The third kappa shape index (κ3) is 6.32. The van der Waals surface area contributed by atoms with Crippen molar-refractivity contribution in [2.24, 2.45) is 4.99 Å². The Bertz CT molecular complexity index is 1350. The molecular weight excluding hydrogens is 509 g/mol. The van der Waals surface area contributed by atoms with Crippen molar-refractivity contribution < 1.29 is 9.90 Å². The molecule has 0 saturated carbocycles. The second kappa shape index (κ2) is 12.7. The van der Waals surface area contributed by atoms with Crippen LogP contribution in [0, 0.1) is 0 Å². The van der Waals surface area contributed by atoms with E-state index in [9.17, 15) is 9.90 Å². The number of aromatic hydroxyl groups is 1. The number of H-pyrrole nitrogens is 1. The fourth-order valence-electron chi connectivity index (χ4n) is 4.42. The fourth-order valence-corrected chi connectivity index (χ4v) is 4.42. The van der Waals surface area contributed by atoms with E-state index in [2.05, 4.69) is 15.2 Å². The number of carbonyl (C=O) groups is 1. The number of amides is 1. The third-order valence-corrected chi connectivity index (χ3v) is 6.39. The zero-order valence-corrected chi connectivity index (χ0v) is 22.2. The van der Waals surface area contributed by atoms with Gasteiger partial charge in [0.15, 0.2) is 5.88 Å². The van der Waals surface area contributed by atoms with Crippen LogP contribution in [0.25, 0.3) is 10.9 Å². The number of aromatic nitrogens is 1. The number of rotatable bonds is 6. The maximum Gasteiger partial charge on any atom is 0.240 e. The molecule has 0 spiro atoms. The zero-order chi connectivity index (χ0) is 24.2. The molecule has 7 nitrogen and oxygen atoms in total. The van der Waals surface area contributed by atoms with Gasteiger partial charge < -0.3 is 20.3 Å². The lowest BCUT2D eigenvalue weighted by Gasteiger charge is -2.28.